The molecular weight excluding hydrogens is 294 g/mol. The van der Waals surface area contributed by atoms with Crippen LogP contribution in [0, 0.1) is 0 Å². The first-order valence-corrected chi connectivity index (χ1v) is 7.15. The highest BCUT2D eigenvalue weighted by Gasteiger charge is 2.35. The predicted octanol–water partition coefficient (Wildman–Crippen LogP) is 0.947. The molecule has 1 aliphatic rings. The monoisotopic (exact) mass is 309 g/mol. The summed E-state index contributed by atoms with van der Waals surface area (Å²) < 4.78 is 1.69. The lowest BCUT2D eigenvalue weighted by molar-refractivity contribution is -0.0599. The van der Waals surface area contributed by atoms with E-state index >= 15 is 0 Å². The molecule has 1 fully saturated rings. The highest BCUT2D eigenvalue weighted by molar-refractivity contribution is 6.30. The van der Waals surface area contributed by atoms with Crippen LogP contribution in [0.3, 0.4) is 0 Å². The van der Waals surface area contributed by atoms with E-state index in [0.717, 1.165) is 0 Å². The van der Waals surface area contributed by atoms with Gasteiger partial charge in [0.05, 0.1) is 18.2 Å². The third-order valence-electron chi connectivity index (χ3n) is 3.77. The Balaban J connectivity index is 1.86. The molecule has 7 heteroatoms. The quantitative estimate of drug-likeness (QED) is 0.866. The Kier molecular flexibility index (Phi) is 3.61. The number of aliphatic hydroxyl groups is 2. The van der Waals surface area contributed by atoms with E-state index in [-0.39, 0.29) is 19.1 Å². The number of carbonyl (C=O) groups excluding carboxylic acids is 1. The van der Waals surface area contributed by atoms with Crippen LogP contribution in [-0.2, 0) is 0 Å². The number of aliphatic hydroxyl groups excluding tert-OH is 1. The molecule has 2 aromatic heterocycles. The van der Waals surface area contributed by atoms with Gasteiger partial charge in [0.15, 0.2) is 0 Å². The van der Waals surface area contributed by atoms with Gasteiger partial charge in [-0.1, -0.05) is 11.6 Å². The first-order valence-electron chi connectivity index (χ1n) is 6.77. The number of pyridine rings is 1. The van der Waals surface area contributed by atoms with E-state index in [1.807, 2.05) is 0 Å². The number of hydrogen-bond acceptors (Lipinski definition) is 4. The molecule has 2 N–H and O–H groups in total. The van der Waals surface area contributed by atoms with Crippen molar-refractivity contribution in [3.05, 3.63) is 35.2 Å². The number of rotatable bonds is 2. The maximum atomic E-state index is 12.5. The predicted molar refractivity (Wildman–Crippen MR) is 77.4 cm³/mol. The summed E-state index contributed by atoms with van der Waals surface area (Å²) in [7, 11) is 0. The van der Waals surface area contributed by atoms with E-state index in [0.29, 0.717) is 35.8 Å². The molecule has 0 aliphatic carbocycles. The van der Waals surface area contributed by atoms with E-state index < -0.39 is 5.60 Å². The van der Waals surface area contributed by atoms with Crippen molar-refractivity contribution < 1.29 is 15.0 Å². The maximum Gasteiger partial charge on any atom is 0.274 e. The van der Waals surface area contributed by atoms with Gasteiger partial charge >= 0.3 is 0 Å². The summed E-state index contributed by atoms with van der Waals surface area (Å²) in [6, 6.07) is 3.45. The topological polar surface area (TPSA) is 78.1 Å². The van der Waals surface area contributed by atoms with E-state index in [4.69, 9.17) is 11.6 Å². The van der Waals surface area contributed by atoms with E-state index in [1.165, 1.54) is 4.90 Å². The third kappa shape index (κ3) is 2.74. The van der Waals surface area contributed by atoms with Crippen molar-refractivity contribution in [3.63, 3.8) is 0 Å². The van der Waals surface area contributed by atoms with Crippen LogP contribution in [0.15, 0.2) is 24.5 Å². The Morgan fingerprint density at radius 3 is 3.00 bits per heavy atom. The molecule has 0 aromatic carbocycles. The highest BCUT2D eigenvalue weighted by atomic mass is 35.5. The molecule has 0 bridgehead atoms. The van der Waals surface area contributed by atoms with Crippen LogP contribution < -0.4 is 0 Å². The number of nitrogens with zero attached hydrogens (tertiary/aromatic N) is 3. The first kappa shape index (κ1) is 14.3. The van der Waals surface area contributed by atoms with Gasteiger partial charge in [0, 0.05) is 18.9 Å². The zero-order valence-corrected chi connectivity index (χ0v) is 12.1. The summed E-state index contributed by atoms with van der Waals surface area (Å²) in [5.74, 6) is -0.249. The molecule has 112 valence electrons. The number of halogens is 1. The fourth-order valence-electron chi connectivity index (χ4n) is 2.64. The maximum absolute atomic E-state index is 12.5. The second-order valence-corrected chi connectivity index (χ2v) is 5.89. The molecule has 3 rings (SSSR count). The molecule has 1 saturated heterocycles. The minimum Gasteiger partial charge on any atom is -0.393 e. The van der Waals surface area contributed by atoms with Gasteiger partial charge in [-0.15, -0.1) is 0 Å². The molecule has 0 saturated carbocycles. The average molecular weight is 310 g/mol. The first-order chi connectivity index (χ1) is 10.0. The summed E-state index contributed by atoms with van der Waals surface area (Å²) in [6.07, 6.45) is 4.45. The fourth-order valence-corrected chi connectivity index (χ4v) is 2.81. The van der Waals surface area contributed by atoms with Crippen molar-refractivity contribution in [2.45, 2.75) is 18.4 Å². The number of imidazole rings is 1. The van der Waals surface area contributed by atoms with Gasteiger partial charge in [-0.2, -0.15) is 0 Å². The van der Waals surface area contributed by atoms with Crippen LogP contribution in [0.25, 0.3) is 5.65 Å². The molecule has 6 nitrogen and oxygen atoms in total. The standard InChI is InChI=1S/C14H16ClN3O3/c15-10-2-3-12-16-11(7-18(12)6-10)13(20)17-5-1-4-14(21,8-17)9-19/h2-3,6-7,19,21H,1,4-5,8-9H2. The molecule has 0 spiro atoms. The van der Waals surface area contributed by atoms with Crippen molar-refractivity contribution in [1.82, 2.24) is 14.3 Å². The number of aromatic nitrogens is 2. The number of carbonyl (C=O) groups is 1. The molecule has 1 amide bonds. The van der Waals surface area contributed by atoms with Crippen LogP contribution in [0.4, 0.5) is 0 Å². The molecular formula is C14H16ClN3O3. The Hall–Kier alpha value is -1.63. The summed E-state index contributed by atoms with van der Waals surface area (Å²) >= 11 is 5.91. The summed E-state index contributed by atoms with van der Waals surface area (Å²) in [4.78, 5) is 18.3. The molecule has 0 radical (unpaired) electrons. The van der Waals surface area contributed by atoms with Crippen LogP contribution in [0.2, 0.25) is 5.02 Å². The molecule has 1 aliphatic heterocycles. The van der Waals surface area contributed by atoms with Crippen molar-refractivity contribution in [2.75, 3.05) is 19.7 Å². The zero-order chi connectivity index (χ0) is 15.0. The Bertz CT molecular complexity index is 687. The summed E-state index contributed by atoms with van der Waals surface area (Å²) in [6.45, 7) is 0.324. The normalized spacial score (nSPS) is 22.7. The minimum atomic E-state index is -1.21. The fraction of sp³-hybridized carbons (Fsp3) is 0.429. The van der Waals surface area contributed by atoms with Gasteiger partial charge in [-0.25, -0.2) is 4.98 Å². The van der Waals surface area contributed by atoms with Crippen molar-refractivity contribution in [3.8, 4) is 0 Å². The summed E-state index contributed by atoms with van der Waals surface area (Å²) in [5, 5.41) is 19.9. The molecule has 3 heterocycles. The lowest BCUT2D eigenvalue weighted by Crippen LogP contribution is -2.52. The van der Waals surface area contributed by atoms with Crippen molar-refractivity contribution >= 4 is 23.2 Å². The molecule has 21 heavy (non-hydrogen) atoms. The van der Waals surface area contributed by atoms with E-state index in [2.05, 4.69) is 4.98 Å². The smallest absolute Gasteiger partial charge is 0.274 e. The van der Waals surface area contributed by atoms with Gasteiger partial charge in [-0.3, -0.25) is 4.79 Å². The molecule has 1 unspecified atom stereocenters. The van der Waals surface area contributed by atoms with Gasteiger partial charge in [0.25, 0.3) is 5.91 Å². The van der Waals surface area contributed by atoms with Gasteiger partial charge in [-0.05, 0) is 25.0 Å². The van der Waals surface area contributed by atoms with Crippen LogP contribution in [0.5, 0.6) is 0 Å². The second-order valence-electron chi connectivity index (χ2n) is 5.45. The number of hydrogen-bond donors (Lipinski definition) is 2. The number of fused-ring (bicyclic) bond motifs is 1. The largest absolute Gasteiger partial charge is 0.393 e. The summed E-state index contributed by atoms with van der Waals surface area (Å²) in [5.41, 5.74) is -0.271. The molecule has 1 atom stereocenters. The van der Waals surface area contributed by atoms with E-state index in [1.54, 1.807) is 28.9 Å². The number of β-amino-alcohol motifs (C(OH)–C–C–N with tert-alkyl or cyclic N) is 1. The Labute approximate surface area is 126 Å². The highest BCUT2D eigenvalue weighted by Crippen LogP contribution is 2.22. The lowest BCUT2D eigenvalue weighted by Gasteiger charge is -2.37. The van der Waals surface area contributed by atoms with Crippen molar-refractivity contribution in [2.24, 2.45) is 0 Å². The van der Waals surface area contributed by atoms with Crippen LogP contribution >= 0.6 is 11.6 Å². The Morgan fingerprint density at radius 1 is 1.43 bits per heavy atom. The van der Waals surface area contributed by atoms with Gasteiger partial charge in [0.2, 0.25) is 0 Å². The van der Waals surface area contributed by atoms with Crippen LogP contribution in [0.1, 0.15) is 23.3 Å². The number of piperidine rings is 1. The Morgan fingerprint density at radius 2 is 2.24 bits per heavy atom. The minimum absolute atomic E-state index is 0.122. The SMILES string of the molecule is O=C(c1cn2cc(Cl)ccc2n1)N1CCCC(O)(CO)C1. The lowest BCUT2D eigenvalue weighted by atomic mass is 9.93. The third-order valence-corrected chi connectivity index (χ3v) is 3.99. The zero-order valence-electron chi connectivity index (χ0n) is 11.4. The van der Waals surface area contributed by atoms with Gasteiger partial charge < -0.3 is 19.5 Å². The number of likely N-dealkylation sites (tertiary alicyclic amines) is 1. The molecule has 2 aromatic rings. The van der Waals surface area contributed by atoms with Crippen LogP contribution in [-0.4, -0.2) is 55.7 Å². The van der Waals surface area contributed by atoms with E-state index in [9.17, 15) is 15.0 Å². The second kappa shape index (κ2) is 5.29. The van der Waals surface area contributed by atoms with Crippen molar-refractivity contribution in [1.29, 1.82) is 0 Å². The average Bonchev–Trinajstić information content (AvgIpc) is 2.89. The number of amides is 1. The van der Waals surface area contributed by atoms with Gasteiger partial charge in [0.1, 0.15) is 16.9 Å².